The zero-order valence-electron chi connectivity index (χ0n) is 11.0. The van der Waals surface area contributed by atoms with Crippen molar-refractivity contribution in [2.45, 2.75) is 64.0 Å². The second-order valence-corrected chi connectivity index (χ2v) is 4.78. The number of ether oxygens (including phenoxy) is 1. The standard InChI is InChI=1S/C13H23NO4/c1-2-3-4-5-6-10(15)9-12(16)14-11-7-8-18-13(11)17/h10-11,15H,2-9H2,1H3,(H,14,16)/t10?,11-/m0/s1. The lowest BCUT2D eigenvalue weighted by molar-refractivity contribution is -0.141. The van der Waals surface area contributed by atoms with Crippen molar-refractivity contribution in [3.05, 3.63) is 0 Å². The minimum Gasteiger partial charge on any atom is -0.464 e. The topological polar surface area (TPSA) is 75.6 Å². The average Bonchev–Trinajstić information content (AvgIpc) is 2.70. The molecule has 1 aliphatic rings. The van der Waals surface area contributed by atoms with Crippen LogP contribution in [0.15, 0.2) is 0 Å². The molecule has 0 bridgehead atoms. The molecule has 1 fully saturated rings. The number of amides is 1. The summed E-state index contributed by atoms with van der Waals surface area (Å²) in [4.78, 5) is 22.7. The van der Waals surface area contributed by atoms with Crippen LogP contribution in [0.25, 0.3) is 0 Å². The maximum absolute atomic E-state index is 11.6. The van der Waals surface area contributed by atoms with Crippen LogP contribution in [0.1, 0.15) is 51.9 Å². The predicted molar refractivity (Wildman–Crippen MR) is 66.9 cm³/mol. The summed E-state index contributed by atoms with van der Waals surface area (Å²) in [6, 6.07) is -0.523. The Morgan fingerprint density at radius 1 is 1.50 bits per heavy atom. The quantitative estimate of drug-likeness (QED) is 0.505. The van der Waals surface area contributed by atoms with E-state index in [1.807, 2.05) is 0 Å². The molecule has 0 spiro atoms. The highest BCUT2D eigenvalue weighted by atomic mass is 16.5. The molecule has 5 nitrogen and oxygen atoms in total. The van der Waals surface area contributed by atoms with E-state index in [0.29, 0.717) is 19.4 Å². The molecule has 0 saturated carbocycles. The maximum Gasteiger partial charge on any atom is 0.328 e. The Hall–Kier alpha value is -1.10. The van der Waals surface area contributed by atoms with Gasteiger partial charge in [0.15, 0.2) is 0 Å². The van der Waals surface area contributed by atoms with E-state index >= 15 is 0 Å². The Bertz CT molecular complexity index is 280. The molecule has 2 atom stereocenters. The van der Waals surface area contributed by atoms with Crippen molar-refractivity contribution in [3.8, 4) is 0 Å². The van der Waals surface area contributed by atoms with Gasteiger partial charge in [0, 0.05) is 6.42 Å². The molecule has 0 aliphatic carbocycles. The first-order chi connectivity index (χ1) is 8.63. The summed E-state index contributed by atoms with van der Waals surface area (Å²) in [5, 5.41) is 12.3. The normalized spacial score (nSPS) is 20.6. The van der Waals surface area contributed by atoms with E-state index in [9.17, 15) is 14.7 Å². The summed E-state index contributed by atoms with van der Waals surface area (Å²) < 4.78 is 4.75. The van der Waals surface area contributed by atoms with Crippen LogP contribution in [0.3, 0.4) is 0 Å². The number of esters is 1. The molecule has 0 aromatic heterocycles. The Labute approximate surface area is 108 Å². The first-order valence-corrected chi connectivity index (χ1v) is 6.77. The molecule has 1 heterocycles. The van der Waals surface area contributed by atoms with Gasteiger partial charge in [-0.25, -0.2) is 4.79 Å². The van der Waals surface area contributed by atoms with E-state index in [1.54, 1.807) is 0 Å². The highest BCUT2D eigenvalue weighted by Gasteiger charge is 2.28. The third-order valence-electron chi connectivity index (χ3n) is 3.08. The highest BCUT2D eigenvalue weighted by Crippen LogP contribution is 2.09. The highest BCUT2D eigenvalue weighted by molar-refractivity contribution is 5.85. The van der Waals surface area contributed by atoms with Crippen molar-refractivity contribution in [2.24, 2.45) is 0 Å². The number of rotatable bonds is 8. The second-order valence-electron chi connectivity index (χ2n) is 4.78. The number of aliphatic hydroxyl groups is 1. The van der Waals surface area contributed by atoms with E-state index in [-0.39, 0.29) is 18.3 Å². The van der Waals surface area contributed by atoms with Crippen molar-refractivity contribution in [3.63, 3.8) is 0 Å². The third kappa shape index (κ3) is 5.49. The summed E-state index contributed by atoms with van der Waals surface area (Å²) >= 11 is 0. The van der Waals surface area contributed by atoms with Crippen molar-refractivity contribution < 1.29 is 19.4 Å². The van der Waals surface area contributed by atoms with Gasteiger partial charge in [0.25, 0.3) is 0 Å². The Kier molecular flexibility index (Phi) is 6.72. The van der Waals surface area contributed by atoms with Crippen molar-refractivity contribution in [1.29, 1.82) is 0 Å². The maximum atomic E-state index is 11.6. The van der Waals surface area contributed by atoms with E-state index in [2.05, 4.69) is 12.2 Å². The van der Waals surface area contributed by atoms with Gasteiger partial charge in [-0.2, -0.15) is 0 Å². The zero-order chi connectivity index (χ0) is 13.4. The predicted octanol–water partition coefficient (Wildman–Crippen LogP) is 1.14. The van der Waals surface area contributed by atoms with Crippen LogP contribution in [0.5, 0.6) is 0 Å². The first-order valence-electron chi connectivity index (χ1n) is 6.77. The number of nitrogens with one attached hydrogen (secondary N) is 1. The SMILES string of the molecule is CCCCCCC(O)CC(=O)N[C@H]1CCOC1=O. The molecule has 18 heavy (non-hydrogen) atoms. The van der Waals surface area contributed by atoms with Crippen molar-refractivity contribution >= 4 is 11.9 Å². The monoisotopic (exact) mass is 257 g/mol. The number of aliphatic hydroxyl groups excluding tert-OH is 1. The lowest BCUT2D eigenvalue weighted by Crippen LogP contribution is -2.39. The molecular weight excluding hydrogens is 234 g/mol. The first kappa shape index (κ1) is 15.0. The molecule has 1 rings (SSSR count). The number of unbranched alkanes of at least 4 members (excludes halogenated alkanes) is 3. The fraction of sp³-hybridized carbons (Fsp3) is 0.846. The van der Waals surface area contributed by atoms with Crippen LogP contribution in [0.2, 0.25) is 0 Å². The van der Waals surface area contributed by atoms with Crippen LogP contribution in [0, 0.1) is 0 Å². The Morgan fingerprint density at radius 3 is 2.89 bits per heavy atom. The van der Waals surface area contributed by atoms with Gasteiger partial charge in [0.2, 0.25) is 5.91 Å². The van der Waals surface area contributed by atoms with E-state index < -0.39 is 12.1 Å². The summed E-state index contributed by atoms with van der Waals surface area (Å²) in [6.45, 7) is 2.49. The van der Waals surface area contributed by atoms with E-state index in [4.69, 9.17) is 4.74 Å². The fourth-order valence-corrected chi connectivity index (χ4v) is 2.00. The van der Waals surface area contributed by atoms with Crippen LogP contribution in [0.4, 0.5) is 0 Å². The van der Waals surface area contributed by atoms with Crippen LogP contribution in [-0.2, 0) is 14.3 Å². The minimum atomic E-state index is -0.612. The number of cyclic esters (lactones) is 1. The van der Waals surface area contributed by atoms with Crippen LogP contribution in [-0.4, -0.2) is 35.7 Å². The molecule has 1 unspecified atom stereocenters. The van der Waals surface area contributed by atoms with Gasteiger partial charge in [-0.3, -0.25) is 4.79 Å². The van der Waals surface area contributed by atoms with Gasteiger partial charge in [-0.05, 0) is 6.42 Å². The Morgan fingerprint density at radius 2 is 2.28 bits per heavy atom. The molecular formula is C13H23NO4. The largest absolute Gasteiger partial charge is 0.464 e. The number of carbonyl (C=O) groups is 2. The molecule has 1 saturated heterocycles. The molecule has 1 amide bonds. The van der Waals surface area contributed by atoms with Crippen molar-refractivity contribution in [2.75, 3.05) is 6.61 Å². The van der Waals surface area contributed by atoms with Crippen LogP contribution >= 0.6 is 0 Å². The van der Waals surface area contributed by atoms with Gasteiger partial charge in [-0.15, -0.1) is 0 Å². The lowest BCUT2D eigenvalue weighted by atomic mass is 10.1. The number of hydrogen-bond donors (Lipinski definition) is 2. The Balaban J connectivity index is 2.13. The molecule has 0 aromatic rings. The summed E-state index contributed by atoms with van der Waals surface area (Å²) in [5.74, 6) is -0.650. The van der Waals surface area contributed by atoms with Gasteiger partial charge >= 0.3 is 5.97 Å². The molecule has 1 aliphatic heterocycles. The van der Waals surface area contributed by atoms with E-state index in [0.717, 1.165) is 25.7 Å². The lowest BCUT2D eigenvalue weighted by Gasteiger charge is -2.12. The third-order valence-corrected chi connectivity index (χ3v) is 3.08. The van der Waals surface area contributed by atoms with Crippen molar-refractivity contribution in [1.82, 2.24) is 5.32 Å². The zero-order valence-corrected chi connectivity index (χ0v) is 11.0. The summed E-state index contributed by atoms with van der Waals surface area (Å²) in [5.41, 5.74) is 0. The molecule has 0 radical (unpaired) electrons. The van der Waals surface area contributed by atoms with E-state index in [1.165, 1.54) is 0 Å². The van der Waals surface area contributed by atoms with Gasteiger partial charge in [-0.1, -0.05) is 32.6 Å². The average molecular weight is 257 g/mol. The van der Waals surface area contributed by atoms with Gasteiger partial charge < -0.3 is 15.2 Å². The smallest absolute Gasteiger partial charge is 0.328 e. The van der Waals surface area contributed by atoms with Gasteiger partial charge in [0.05, 0.1) is 19.1 Å². The fourth-order valence-electron chi connectivity index (χ4n) is 2.00. The molecule has 2 N–H and O–H groups in total. The number of hydrogen-bond acceptors (Lipinski definition) is 4. The van der Waals surface area contributed by atoms with Crippen LogP contribution < -0.4 is 5.32 Å². The second kappa shape index (κ2) is 8.08. The molecule has 104 valence electrons. The summed E-state index contributed by atoms with van der Waals surface area (Å²) in [7, 11) is 0. The minimum absolute atomic E-state index is 0.0654. The van der Waals surface area contributed by atoms with Gasteiger partial charge in [0.1, 0.15) is 6.04 Å². The molecule has 5 heteroatoms. The number of carbonyl (C=O) groups excluding carboxylic acids is 2. The summed E-state index contributed by atoms with van der Waals surface area (Å²) in [6.07, 6.45) is 4.96. The molecule has 0 aromatic carbocycles.